The van der Waals surface area contributed by atoms with Crippen LogP contribution in [0.1, 0.15) is 6.92 Å². The lowest BCUT2D eigenvalue weighted by molar-refractivity contribution is -0.115. The van der Waals surface area contributed by atoms with Gasteiger partial charge in [0, 0.05) is 12.0 Å². The van der Waals surface area contributed by atoms with Crippen molar-refractivity contribution in [2.75, 3.05) is 12.4 Å². The van der Waals surface area contributed by atoms with Crippen molar-refractivity contribution >= 4 is 17.7 Å². The van der Waals surface area contributed by atoms with Gasteiger partial charge in [0.1, 0.15) is 5.70 Å². The van der Waals surface area contributed by atoms with Crippen LogP contribution in [0, 0.1) is 0 Å². The molecular weight excluding hydrogens is 148 g/mol. The number of thioether (sulfide) groups is 1. The second kappa shape index (κ2) is 2.96. The summed E-state index contributed by atoms with van der Waals surface area (Å²) < 4.78 is 0. The normalized spacial score (nSPS) is 17.3. The van der Waals surface area contributed by atoms with E-state index in [4.69, 9.17) is 5.73 Å². The smallest absolute Gasteiger partial charge is 0.265 e. The van der Waals surface area contributed by atoms with E-state index in [1.807, 2.05) is 17.2 Å². The van der Waals surface area contributed by atoms with Gasteiger partial charge in [0.25, 0.3) is 5.91 Å². The van der Waals surface area contributed by atoms with Gasteiger partial charge in [-0.25, -0.2) is 0 Å². The number of amides is 1. The number of carbonyl (C=O) groups is 1. The molecule has 0 atom stereocenters. The van der Waals surface area contributed by atoms with Crippen molar-refractivity contribution in [1.29, 1.82) is 0 Å². The SMILES string of the molecule is CCN1CSC=C1C(N)=O. The molecule has 0 aromatic rings. The van der Waals surface area contributed by atoms with E-state index in [1.165, 1.54) is 0 Å². The molecule has 10 heavy (non-hydrogen) atoms. The monoisotopic (exact) mass is 158 g/mol. The fourth-order valence-electron chi connectivity index (χ4n) is 0.826. The Morgan fingerprint density at radius 1 is 2.00 bits per heavy atom. The number of hydrogen-bond donors (Lipinski definition) is 1. The first-order valence-electron chi connectivity index (χ1n) is 3.12. The van der Waals surface area contributed by atoms with Crippen molar-refractivity contribution in [3.05, 3.63) is 11.1 Å². The number of likely N-dealkylation sites (N-methyl/N-ethyl adjacent to an activating group) is 1. The van der Waals surface area contributed by atoms with Crippen molar-refractivity contribution in [2.45, 2.75) is 6.92 Å². The highest BCUT2D eigenvalue weighted by molar-refractivity contribution is 8.02. The van der Waals surface area contributed by atoms with Gasteiger partial charge in [0.2, 0.25) is 0 Å². The zero-order valence-electron chi connectivity index (χ0n) is 5.83. The number of hydrogen-bond acceptors (Lipinski definition) is 3. The standard InChI is InChI=1S/C6H10N2OS/c1-2-8-4-10-3-5(8)6(7)9/h3H,2,4H2,1H3,(H2,7,9). The summed E-state index contributed by atoms with van der Waals surface area (Å²) in [6, 6.07) is 0. The summed E-state index contributed by atoms with van der Waals surface area (Å²) in [4.78, 5) is 12.6. The fourth-order valence-corrected chi connectivity index (χ4v) is 1.83. The third kappa shape index (κ3) is 1.26. The predicted molar refractivity (Wildman–Crippen MR) is 42.1 cm³/mol. The van der Waals surface area contributed by atoms with Crippen molar-refractivity contribution in [1.82, 2.24) is 4.90 Å². The van der Waals surface area contributed by atoms with Crippen molar-refractivity contribution in [3.8, 4) is 0 Å². The van der Waals surface area contributed by atoms with Crippen LogP contribution in [0.25, 0.3) is 0 Å². The molecule has 0 aromatic heterocycles. The van der Waals surface area contributed by atoms with Crippen LogP contribution in [0.2, 0.25) is 0 Å². The molecule has 0 aliphatic carbocycles. The molecule has 4 heteroatoms. The molecule has 0 aromatic carbocycles. The van der Waals surface area contributed by atoms with Crippen LogP contribution >= 0.6 is 11.8 Å². The Morgan fingerprint density at radius 3 is 3.10 bits per heavy atom. The molecule has 1 aliphatic heterocycles. The minimum atomic E-state index is -0.327. The van der Waals surface area contributed by atoms with E-state index < -0.39 is 0 Å². The molecule has 1 heterocycles. The maximum Gasteiger partial charge on any atom is 0.265 e. The van der Waals surface area contributed by atoms with E-state index in [0.717, 1.165) is 12.4 Å². The van der Waals surface area contributed by atoms with Gasteiger partial charge in [0.05, 0.1) is 5.88 Å². The lowest BCUT2D eigenvalue weighted by atomic mass is 10.4. The largest absolute Gasteiger partial charge is 0.364 e. The van der Waals surface area contributed by atoms with E-state index in [2.05, 4.69) is 0 Å². The van der Waals surface area contributed by atoms with Gasteiger partial charge in [-0.2, -0.15) is 0 Å². The van der Waals surface area contributed by atoms with Crippen molar-refractivity contribution in [3.63, 3.8) is 0 Å². The van der Waals surface area contributed by atoms with Crippen molar-refractivity contribution in [2.24, 2.45) is 5.73 Å². The number of carbonyl (C=O) groups excluding carboxylic acids is 1. The Kier molecular flexibility index (Phi) is 2.21. The Balaban J connectivity index is 2.65. The quantitative estimate of drug-likeness (QED) is 0.630. The second-order valence-electron chi connectivity index (χ2n) is 2.02. The predicted octanol–water partition coefficient (Wildman–Crippen LogP) is 0.339. The Morgan fingerprint density at radius 2 is 2.70 bits per heavy atom. The lowest BCUT2D eigenvalue weighted by Crippen LogP contribution is -2.27. The van der Waals surface area contributed by atoms with Gasteiger partial charge in [-0.1, -0.05) is 0 Å². The average Bonchev–Trinajstić information content (AvgIpc) is 2.33. The minimum absolute atomic E-state index is 0.327. The second-order valence-corrected chi connectivity index (χ2v) is 2.85. The maximum absolute atomic E-state index is 10.7. The molecule has 1 aliphatic rings. The summed E-state index contributed by atoms with van der Waals surface area (Å²) >= 11 is 1.61. The van der Waals surface area contributed by atoms with Gasteiger partial charge < -0.3 is 10.6 Å². The molecule has 0 spiro atoms. The average molecular weight is 158 g/mol. The van der Waals surface area contributed by atoms with E-state index in [9.17, 15) is 4.79 Å². The molecule has 0 radical (unpaired) electrons. The van der Waals surface area contributed by atoms with E-state index >= 15 is 0 Å². The summed E-state index contributed by atoms with van der Waals surface area (Å²) in [7, 11) is 0. The minimum Gasteiger partial charge on any atom is -0.364 e. The summed E-state index contributed by atoms with van der Waals surface area (Å²) in [6.45, 7) is 2.85. The number of nitrogens with two attached hydrogens (primary N) is 1. The lowest BCUT2D eigenvalue weighted by Gasteiger charge is -2.15. The van der Waals surface area contributed by atoms with E-state index in [0.29, 0.717) is 5.70 Å². The Bertz CT molecular complexity index is 179. The molecule has 0 saturated carbocycles. The topological polar surface area (TPSA) is 46.3 Å². The first-order valence-corrected chi connectivity index (χ1v) is 4.17. The van der Waals surface area contributed by atoms with Gasteiger partial charge in [-0.3, -0.25) is 4.79 Å². The molecule has 1 rings (SSSR count). The first-order chi connectivity index (χ1) is 4.75. The van der Waals surface area contributed by atoms with E-state index in [1.54, 1.807) is 11.8 Å². The van der Waals surface area contributed by atoms with Crippen LogP contribution in [-0.4, -0.2) is 23.2 Å². The molecule has 0 saturated heterocycles. The highest BCUT2D eigenvalue weighted by Gasteiger charge is 2.17. The van der Waals surface area contributed by atoms with Crippen LogP contribution in [0.5, 0.6) is 0 Å². The van der Waals surface area contributed by atoms with Crippen LogP contribution in [0.15, 0.2) is 11.1 Å². The Labute approximate surface area is 64.3 Å². The van der Waals surface area contributed by atoms with Crippen LogP contribution < -0.4 is 5.73 Å². The summed E-state index contributed by atoms with van der Waals surface area (Å²) in [5.41, 5.74) is 5.75. The van der Waals surface area contributed by atoms with Crippen LogP contribution in [0.4, 0.5) is 0 Å². The maximum atomic E-state index is 10.7. The Hall–Kier alpha value is -0.640. The number of primary amides is 1. The van der Waals surface area contributed by atoms with Gasteiger partial charge in [-0.15, -0.1) is 11.8 Å². The molecule has 0 fully saturated rings. The van der Waals surface area contributed by atoms with Crippen molar-refractivity contribution < 1.29 is 4.79 Å². The van der Waals surface area contributed by atoms with Gasteiger partial charge in [-0.05, 0) is 6.92 Å². The molecule has 0 bridgehead atoms. The van der Waals surface area contributed by atoms with Crippen LogP contribution in [-0.2, 0) is 4.79 Å². The first kappa shape index (κ1) is 7.47. The molecule has 0 unspecified atom stereocenters. The molecule has 2 N–H and O–H groups in total. The van der Waals surface area contributed by atoms with Gasteiger partial charge >= 0.3 is 0 Å². The van der Waals surface area contributed by atoms with E-state index in [-0.39, 0.29) is 5.91 Å². The zero-order valence-corrected chi connectivity index (χ0v) is 6.65. The van der Waals surface area contributed by atoms with Gasteiger partial charge in [0.15, 0.2) is 0 Å². The molecule has 3 nitrogen and oxygen atoms in total. The summed E-state index contributed by atoms with van der Waals surface area (Å²) in [5, 5.41) is 1.81. The fraction of sp³-hybridized carbons (Fsp3) is 0.500. The summed E-state index contributed by atoms with van der Waals surface area (Å²) in [5.74, 6) is 0.529. The number of rotatable bonds is 2. The summed E-state index contributed by atoms with van der Waals surface area (Å²) in [6.07, 6.45) is 0. The third-order valence-corrected chi connectivity index (χ3v) is 2.25. The van der Waals surface area contributed by atoms with Crippen LogP contribution in [0.3, 0.4) is 0 Å². The highest BCUT2D eigenvalue weighted by atomic mass is 32.2. The highest BCUT2D eigenvalue weighted by Crippen LogP contribution is 2.21. The zero-order chi connectivity index (χ0) is 7.56. The molecular formula is C6H10N2OS. The number of nitrogens with zero attached hydrogens (tertiary/aromatic N) is 1. The molecule has 1 amide bonds. The molecule has 56 valence electrons. The third-order valence-electron chi connectivity index (χ3n) is 1.40.